The minimum atomic E-state index is -4.37. The molecule has 0 saturated carbocycles. The van der Waals surface area contributed by atoms with Gasteiger partial charge in [-0.2, -0.15) is 13.2 Å². The number of rotatable bonds is 6. The third-order valence-corrected chi connectivity index (χ3v) is 3.83. The molecule has 1 aromatic carbocycles. The molecule has 0 radical (unpaired) electrons. The summed E-state index contributed by atoms with van der Waals surface area (Å²) >= 11 is 0. The molecule has 0 spiro atoms. The smallest absolute Gasteiger partial charge is 0.416 e. The van der Waals surface area contributed by atoms with Gasteiger partial charge >= 0.3 is 6.18 Å². The molecule has 1 fully saturated rings. The zero-order valence-electron chi connectivity index (χ0n) is 12.8. The topological polar surface area (TPSA) is 50.4 Å². The second kappa shape index (κ2) is 8.19. The fourth-order valence-electron chi connectivity index (χ4n) is 2.53. The molecular weight excluding hydrogens is 309 g/mol. The minimum Gasteiger partial charge on any atom is -0.484 e. The van der Waals surface area contributed by atoms with Gasteiger partial charge in [0.25, 0.3) is 5.91 Å². The number of amides is 1. The number of benzene rings is 1. The van der Waals surface area contributed by atoms with Gasteiger partial charge in [-0.05, 0) is 62.5 Å². The Balaban J connectivity index is 1.65. The van der Waals surface area contributed by atoms with Crippen LogP contribution in [-0.4, -0.2) is 32.1 Å². The maximum Gasteiger partial charge on any atom is 0.416 e. The van der Waals surface area contributed by atoms with Crippen LogP contribution >= 0.6 is 0 Å². The average molecular weight is 330 g/mol. The third kappa shape index (κ3) is 6.09. The maximum atomic E-state index is 12.4. The number of nitrogens with one attached hydrogen (secondary N) is 2. The lowest BCUT2D eigenvalue weighted by Gasteiger charge is -2.22. The molecule has 0 aromatic heterocycles. The molecule has 1 aromatic rings. The third-order valence-electron chi connectivity index (χ3n) is 3.83. The number of carbonyl (C=O) groups is 1. The van der Waals surface area contributed by atoms with Crippen LogP contribution in [0.3, 0.4) is 0 Å². The van der Waals surface area contributed by atoms with Gasteiger partial charge < -0.3 is 15.4 Å². The molecule has 2 rings (SSSR count). The van der Waals surface area contributed by atoms with Gasteiger partial charge in [0, 0.05) is 6.54 Å². The van der Waals surface area contributed by atoms with E-state index in [0.717, 1.165) is 38.1 Å². The quantitative estimate of drug-likeness (QED) is 0.843. The van der Waals surface area contributed by atoms with Crippen molar-refractivity contribution >= 4 is 5.91 Å². The molecule has 128 valence electrons. The molecule has 2 N–H and O–H groups in total. The predicted octanol–water partition coefficient (Wildman–Crippen LogP) is 2.59. The van der Waals surface area contributed by atoms with Crippen molar-refractivity contribution < 1.29 is 22.7 Å². The van der Waals surface area contributed by atoms with Crippen molar-refractivity contribution in [2.45, 2.75) is 25.4 Å². The van der Waals surface area contributed by atoms with Gasteiger partial charge in [0.2, 0.25) is 0 Å². The SMILES string of the molecule is O=C(COc1ccc(C(F)(F)F)cc1)NCCC1CCCNC1. The van der Waals surface area contributed by atoms with Gasteiger partial charge in [-0.25, -0.2) is 0 Å². The number of alkyl halides is 3. The molecular formula is C16H21F3N2O2. The van der Waals surface area contributed by atoms with Gasteiger partial charge in [-0.1, -0.05) is 0 Å². The summed E-state index contributed by atoms with van der Waals surface area (Å²) in [5.41, 5.74) is -0.740. The van der Waals surface area contributed by atoms with Crippen molar-refractivity contribution in [3.63, 3.8) is 0 Å². The fourth-order valence-corrected chi connectivity index (χ4v) is 2.53. The molecule has 23 heavy (non-hydrogen) atoms. The van der Waals surface area contributed by atoms with Crippen LogP contribution in [0.1, 0.15) is 24.8 Å². The Hall–Kier alpha value is -1.76. The van der Waals surface area contributed by atoms with Crippen molar-refractivity contribution in [1.82, 2.24) is 10.6 Å². The number of hydrogen-bond acceptors (Lipinski definition) is 3. The van der Waals surface area contributed by atoms with Crippen LogP contribution in [0.15, 0.2) is 24.3 Å². The van der Waals surface area contributed by atoms with Gasteiger partial charge in [0.15, 0.2) is 6.61 Å². The Morgan fingerprint density at radius 3 is 2.65 bits per heavy atom. The second-order valence-electron chi connectivity index (χ2n) is 5.66. The average Bonchev–Trinajstić information content (AvgIpc) is 2.53. The van der Waals surface area contributed by atoms with Crippen LogP contribution in [0.2, 0.25) is 0 Å². The monoisotopic (exact) mass is 330 g/mol. The molecule has 1 heterocycles. The van der Waals surface area contributed by atoms with E-state index in [1.807, 2.05) is 0 Å². The van der Waals surface area contributed by atoms with E-state index in [1.165, 1.54) is 18.6 Å². The first-order valence-electron chi connectivity index (χ1n) is 7.72. The molecule has 1 aliphatic rings. The predicted molar refractivity (Wildman–Crippen MR) is 80.2 cm³/mol. The van der Waals surface area contributed by atoms with Crippen LogP contribution in [0, 0.1) is 5.92 Å². The summed E-state index contributed by atoms with van der Waals surface area (Å²) in [7, 11) is 0. The van der Waals surface area contributed by atoms with E-state index in [-0.39, 0.29) is 18.3 Å². The van der Waals surface area contributed by atoms with Crippen LogP contribution in [0.5, 0.6) is 5.75 Å². The molecule has 1 unspecified atom stereocenters. The first kappa shape index (κ1) is 17.6. The normalized spacial score (nSPS) is 18.5. The van der Waals surface area contributed by atoms with E-state index in [2.05, 4.69) is 10.6 Å². The summed E-state index contributed by atoms with van der Waals surface area (Å²) in [5.74, 6) is 0.554. The zero-order chi connectivity index (χ0) is 16.7. The molecule has 7 heteroatoms. The highest BCUT2D eigenvalue weighted by molar-refractivity contribution is 5.77. The summed E-state index contributed by atoms with van der Waals surface area (Å²) in [5, 5.41) is 6.08. The van der Waals surface area contributed by atoms with Crippen LogP contribution in [-0.2, 0) is 11.0 Å². The van der Waals surface area contributed by atoms with Crippen molar-refractivity contribution in [1.29, 1.82) is 0 Å². The summed E-state index contributed by atoms with van der Waals surface area (Å²) in [6, 6.07) is 4.29. The summed E-state index contributed by atoms with van der Waals surface area (Å²) in [6.45, 7) is 2.43. The standard InChI is InChI=1S/C16H21F3N2O2/c17-16(18,19)13-3-5-14(6-4-13)23-11-15(22)21-9-7-12-2-1-8-20-10-12/h3-6,12,20H,1-2,7-11H2,(H,21,22). The number of hydrogen-bond donors (Lipinski definition) is 2. The Kier molecular flexibility index (Phi) is 6.27. The molecule has 1 amide bonds. The fraction of sp³-hybridized carbons (Fsp3) is 0.562. The van der Waals surface area contributed by atoms with Gasteiger partial charge in [-0.3, -0.25) is 4.79 Å². The van der Waals surface area contributed by atoms with E-state index in [1.54, 1.807) is 0 Å². The lowest BCUT2D eigenvalue weighted by Crippen LogP contribution is -2.34. The van der Waals surface area contributed by atoms with E-state index in [4.69, 9.17) is 4.74 Å². The summed E-state index contributed by atoms with van der Waals surface area (Å²) in [6.07, 6.45) is -1.12. The van der Waals surface area contributed by atoms with Gasteiger partial charge in [-0.15, -0.1) is 0 Å². The molecule has 1 saturated heterocycles. The van der Waals surface area contributed by atoms with Crippen molar-refractivity contribution in [3.05, 3.63) is 29.8 Å². The van der Waals surface area contributed by atoms with Gasteiger partial charge in [0.1, 0.15) is 5.75 Å². The molecule has 0 aliphatic carbocycles. The van der Waals surface area contributed by atoms with E-state index >= 15 is 0 Å². The Morgan fingerprint density at radius 1 is 1.30 bits per heavy atom. The molecule has 1 atom stereocenters. The highest BCUT2D eigenvalue weighted by Gasteiger charge is 2.30. The first-order valence-corrected chi connectivity index (χ1v) is 7.72. The van der Waals surface area contributed by atoms with Crippen LogP contribution < -0.4 is 15.4 Å². The highest BCUT2D eigenvalue weighted by Crippen LogP contribution is 2.30. The largest absolute Gasteiger partial charge is 0.484 e. The van der Waals surface area contributed by atoms with Gasteiger partial charge in [0.05, 0.1) is 5.56 Å². The number of carbonyl (C=O) groups excluding carboxylic acids is 1. The van der Waals surface area contributed by atoms with Crippen molar-refractivity contribution in [2.24, 2.45) is 5.92 Å². The lowest BCUT2D eigenvalue weighted by atomic mass is 9.96. The number of piperidine rings is 1. The molecule has 1 aliphatic heterocycles. The Bertz CT molecular complexity index is 497. The maximum absolute atomic E-state index is 12.4. The Morgan fingerprint density at radius 2 is 2.04 bits per heavy atom. The number of ether oxygens (including phenoxy) is 1. The van der Waals surface area contributed by atoms with E-state index < -0.39 is 11.7 Å². The molecule has 4 nitrogen and oxygen atoms in total. The van der Waals surface area contributed by atoms with E-state index in [0.29, 0.717) is 12.5 Å². The summed E-state index contributed by atoms with van der Waals surface area (Å²) < 4.78 is 42.4. The minimum absolute atomic E-state index is 0.200. The Labute approximate surface area is 133 Å². The second-order valence-corrected chi connectivity index (χ2v) is 5.66. The first-order chi connectivity index (χ1) is 10.9. The van der Waals surface area contributed by atoms with Crippen molar-refractivity contribution in [3.8, 4) is 5.75 Å². The van der Waals surface area contributed by atoms with Crippen LogP contribution in [0.25, 0.3) is 0 Å². The van der Waals surface area contributed by atoms with Crippen LogP contribution in [0.4, 0.5) is 13.2 Å². The number of halogens is 3. The summed E-state index contributed by atoms with van der Waals surface area (Å²) in [4.78, 5) is 11.7. The van der Waals surface area contributed by atoms with E-state index in [9.17, 15) is 18.0 Å². The highest BCUT2D eigenvalue weighted by atomic mass is 19.4. The van der Waals surface area contributed by atoms with Crippen molar-refractivity contribution in [2.75, 3.05) is 26.2 Å². The molecule has 0 bridgehead atoms. The zero-order valence-corrected chi connectivity index (χ0v) is 12.8. The lowest BCUT2D eigenvalue weighted by molar-refractivity contribution is -0.137.